The highest BCUT2D eigenvalue weighted by Crippen LogP contribution is 2.41. The number of nitrogens with two attached hydrogens (primary N) is 1. The average molecular weight is 205 g/mol. The van der Waals surface area contributed by atoms with Gasteiger partial charge in [0.05, 0.1) is 6.61 Å². The predicted molar refractivity (Wildman–Crippen MR) is 62.1 cm³/mol. The van der Waals surface area contributed by atoms with E-state index in [4.69, 9.17) is 10.5 Å². The van der Waals surface area contributed by atoms with E-state index in [1.807, 2.05) is 6.92 Å². The molecule has 2 heteroatoms. The first-order chi connectivity index (χ1) is 7.22. The smallest absolute Gasteiger partial charge is 0.119 e. The lowest BCUT2D eigenvalue weighted by atomic mass is 9.67. The summed E-state index contributed by atoms with van der Waals surface area (Å²) >= 11 is 0. The topological polar surface area (TPSA) is 35.2 Å². The van der Waals surface area contributed by atoms with Crippen molar-refractivity contribution in [2.45, 2.75) is 32.2 Å². The second kappa shape index (κ2) is 4.23. The number of hydrogen-bond donors (Lipinski definition) is 1. The Balaban J connectivity index is 2.04. The molecule has 0 amide bonds. The number of ether oxygens (including phenoxy) is 1. The quantitative estimate of drug-likeness (QED) is 0.823. The fraction of sp³-hybridized carbons (Fsp3) is 0.538. The lowest BCUT2D eigenvalue weighted by Gasteiger charge is -2.40. The molecular formula is C13H19NO. The van der Waals surface area contributed by atoms with Gasteiger partial charge in [0.1, 0.15) is 5.75 Å². The van der Waals surface area contributed by atoms with Crippen LogP contribution in [-0.2, 0) is 0 Å². The third-order valence-electron chi connectivity index (χ3n) is 3.46. The summed E-state index contributed by atoms with van der Waals surface area (Å²) in [5.41, 5.74) is 7.30. The van der Waals surface area contributed by atoms with Crippen LogP contribution in [0.5, 0.6) is 5.75 Å². The van der Waals surface area contributed by atoms with E-state index in [0.29, 0.717) is 17.9 Å². The van der Waals surface area contributed by atoms with E-state index in [2.05, 4.69) is 31.2 Å². The van der Waals surface area contributed by atoms with E-state index < -0.39 is 0 Å². The zero-order chi connectivity index (χ0) is 10.8. The Morgan fingerprint density at radius 2 is 2.00 bits per heavy atom. The fourth-order valence-corrected chi connectivity index (χ4v) is 2.24. The summed E-state index contributed by atoms with van der Waals surface area (Å²) in [7, 11) is 0. The maximum absolute atomic E-state index is 5.90. The standard InChI is InChI=1S/C13H19NO/c1-3-15-11-6-4-10(5-7-11)12-8-13(14)9(12)2/h4-7,9,12-13H,3,8,14H2,1-2H3. The van der Waals surface area contributed by atoms with Crippen LogP contribution in [0.15, 0.2) is 24.3 Å². The summed E-state index contributed by atoms with van der Waals surface area (Å²) in [6, 6.07) is 8.82. The molecule has 0 bridgehead atoms. The van der Waals surface area contributed by atoms with Crippen molar-refractivity contribution in [3.05, 3.63) is 29.8 Å². The number of rotatable bonds is 3. The molecule has 1 aliphatic carbocycles. The van der Waals surface area contributed by atoms with E-state index >= 15 is 0 Å². The highest BCUT2D eigenvalue weighted by molar-refractivity contribution is 5.31. The molecule has 2 rings (SSSR count). The molecule has 15 heavy (non-hydrogen) atoms. The van der Waals surface area contributed by atoms with Gasteiger partial charge in [-0.2, -0.15) is 0 Å². The van der Waals surface area contributed by atoms with Crippen molar-refractivity contribution in [2.24, 2.45) is 11.7 Å². The van der Waals surface area contributed by atoms with E-state index in [-0.39, 0.29) is 0 Å². The average Bonchev–Trinajstić information content (AvgIpc) is 2.27. The number of hydrogen-bond acceptors (Lipinski definition) is 2. The monoisotopic (exact) mass is 205 g/mol. The van der Waals surface area contributed by atoms with Gasteiger partial charge in [-0.05, 0) is 42.9 Å². The van der Waals surface area contributed by atoms with Crippen molar-refractivity contribution in [3.63, 3.8) is 0 Å². The van der Waals surface area contributed by atoms with Crippen LogP contribution in [0.1, 0.15) is 31.7 Å². The van der Waals surface area contributed by atoms with Crippen LogP contribution < -0.4 is 10.5 Å². The second-order valence-electron chi connectivity index (χ2n) is 4.37. The maximum Gasteiger partial charge on any atom is 0.119 e. The summed E-state index contributed by atoms with van der Waals surface area (Å²) in [5, 5.41) is 0. The Labute approximate surface area is 91.4 Å². The van der Waals surface area contributed by atoms with Gasteiger partial charge in [-0.15, -0.1) is 0 Å². The summed E-state index contributed by atoms with van der Waals surface area (Å²) < 4.78 is 5.42. The molecule has 1 aromatic carbocycles. The van der Waals surface area contributed by atoms with Gasteiger partial charge < -0.3 is 10.5 Å². The molecule has 1 fully saturated rings. The van der Waals surface area contributed by atoms with Gasteiger partial charge in [0.25, 0.3) is 0 Å². The van der Waals surface area contributed by atoms with E-state index in [1.54, 1.807) is 0 Å². The van der Waals surface area contributed by atoms with E-state index in [9.17, 15) is 0 Å². The molecule has 0 aliphatic heterocycles. The van der Waals surface area contributed by atoms with Gasteiger partial charge >= 0.3 is 0 Å². The minimum Gasteiger partial charge on any atom is -0.494 e. The fourth-order valence-electron chi connectivity index (χ4n) is 2.24. The Kier molecular flexibility index (Phi) is 2.96. The third-order valence-corrected chi connectivity index (χ3v) is 3.46. The minimum atomic E-state index is 0.390. The molecule has 1 aliphatic rings. The second-order valence-corrected chi connectivity index (χ2v) is 4.37. The third kappa shape index (κ3) is 2.00. The molecule has 3 unspecified atom stereocenters. The van der Waals surface area contributed by atoms with Crippen LogP contribution in [0.2, 0.25) is 0 Å². The zero-order valence-corrected chi connectivity index (χ0v) is 9.44. The van der Waals surface area contributed by atoms with Crippen LogP contribution in [0.3, 0.4) is 0 Å². The zero-order valence-electron chi connectivity index (χ0n) is 9.44. The first-order valence-electron chi connectivity index (χ1n) is 5.70. The summed E-state index contributed by atoms with van der Waals surface area (Å²) in [4.78, 5) is 0. The first-order valence-corrected chi connectivity index (χ1v) is 5.70. The Morgan fingerprint density at radius 1 is 1.33 bits per heavy atom. The Bertz CT molecular complexity index is 320. The van der Waals surface area contributed by atoms with Crippen molar-refractivity contribution in [3.8, 4) is 5.75 Å². The van der Waals surface area contributed by atoms with E-state index in [0.717, 1.165) is 18.8 Å². The van der Waals surface area contributed by atoms with Crippen molar-refractivity contribution < 1.29 is 4.74 Å². The molecule has 0 saturated heterocycles. The van der Waals surface area contributed by atoms with Crippen LogP contribution in [-0.4, -0.2) is 12.6 Å². The first kappa shape index (κ1) is 10.5. The molecule has 2 nitrogen and oxygen atoms in total. The van der Waals surface area contributed by atoms with Gasteiger partial charge in [0, 0.05) is 6.04 Å². The van der Waals surface area contributed by atoms with Crippen molar-refractivity contribution in [1.82, 2.24) is 0 Å². The lowest BCUT2D eigenvalue weighted by Crippen LogP contribution is -2.44. The van der Waals surface area contributed by atoms with Crippen LogP contribution in [0, 0.1) is 5.92 Å². The molecule has 2 N–H and O–H groups in total. The Hall–Kier alpha value is -1.02. The molecule has 0 aromatic heterocycles. The molecule has 82 valence electrons. The van der Waals surface area contributed by atoms with Crippen LogP contribution in [0.4, 0.5) is 0 Å². The van der Waals surface area contributed by atoms with Crippen molar-refractivity contribution >= 4 is 0 Å². The molecule has 0 heterocycles. The van der Waals surface area contributed by atoms with Gasteiger partial charge in [0.15, 0.2) is 0 Å². The van der Waals surface area contributed by atoms with Crippen molar-refractivity contribution in [1.29, 1.82) is 0 Å². The molecule has 1 saturated carbocycles. The van der Waals surface area contributed by atoms with Crippen LogP contribution >= 0.6 is 0 Å². The molecule has 3 atom stereocenters. The highest BCUT2D eigenvalue weighted by Gasteiger charge is 2.35. The van der Waals surface area contributed by atoms with Gasteiger partial charge in [-0.3, -0.25) is 0 Å². The minimum absolute atomic E-state index is 0.390. The largest absolute Gasteiger partial charge is 0.494 e. The SMILES string of the molecule is CCOc1ccc(C2CC(N)C2C)cc1. The van der Waals surface area contributed by atoms with Gasteiger partial charge in [0.2, 0.25) is 0 Å². The lowest BCUT2D eigenvalue weighted by molar-refractivity contribution is 0.226. The normalized spacial score (nSPS) is 29.7. The van der Waals surface area contributed by atoms with Gasteiger partial charge in [-0.25, -0.2) is 0 Å². The van der Waals surface area contributed by atoms with Crippen LogP contribution in [0.25, 0.3) is 0 Å². The molecule has 0 radical (unpaired) electrons. The molecule has 1 aromatic rings. The summed E-state index contributed by atoms with van der Waals surface area (Å²) in [5.74, 6) is 2.22. The summed E-state index contributed by atoms with van der Waals surface area (Å²) in [6.45, 7) is 4.96. The van der Waals surface area contributed by atoms with Crippen molar-refractivity contribution in [2.75, 3.05) is 6.61 Å². The molecular weight excluding hydrogens is 186 g/mol. The number of benzene rings is 1. The molecule has 0 spiro atoms. The Morgan fingerprint density at radius 3 is 2.47 bits per heavy atom. The van der Waals surface area contributed by atoms with E-state index in [1.165, 1.54) is 5.56 Å². The maximum atomic E-state index is 5.90. The highest BCUT2D eigenvalue weighted by atomic mass is 16.5. The summed E-state index contributed by atoms with van der Waals surface area (Å²) in [6.07, 6.45) is 1.12. The van der Waals surface area contributed by atoms with Gasteiger partial charge in [-0.1, -0.05) is 19.1 Å². The predicted octanol–water partition coefficient (Wildman–Crippen LogP) is 2.54.